The van der Waals surface area contributed by atoms with E-state index in [0.717, 1.165) is 13.1 Å². The Morgan fingerprint density at radius 3 is 2.24 bits per heavy atom. The minimum atomic E-state index is -3.39. The molecule has 0 saturated carbocycles. The number of sulfonamides is 1. The van der Waals surface area contributed by atoms with Crippen LogP contribution in [-0.2, 0) is 10.0 Å². The summed E-state index contributed by atoms with van der Waals surface area (Å²) >= 11 is 5.87. The second-order valence-corrected chi connectivity index (χ2v) is 9.66. The molecule has 25 heavy (non-hydrogen) atoms. The van der Waals surface area contributed by atoms with Crippen LogP contribution in [0.5, 0.6) is 0 Å². The second kappa shape index (κ2) is 8.35. The molecular weight excluding hydrogens is 358 g/mol. The van der Waals surface area contributed by atoms with Crippen LogP contribution >= 0.6 is 11.6 Å². The predicted octanol–water partition coefficient (Wildman–Crippen LogP) is -0.313. The lowest BCUT2D eigenvalue weighted by Crippen LogP contribution is -3.22. The van der Waals surface area contributed by atoms with Crippen LogP contribution in [0.1, 0.15) is 26.2 Å². The summed E-state index contributed by atoms with van der Waals surface area (Å²) < 4.78 is 27.2. The van der Waals surface area contributed by atoms with Crippen LogP contribution in [-0.4, -0.2) is 64.6 Å². The number of nitrogens with one attached hydrogen (secondary N) is 2. The summed E-state index contributed by atoms with van der Waals surface area (Å²) in [7, 11) is -3.39. The number of quaternary nitrogens is 2. The van der Waals surface area contributed by atoms with E-state index in [9.17, 15) is 8.42 Å². The summed E-state index contributed by atoms with van der Waals surface area (Å²) in [6, 6.07) is 7.19. The maximum Gasteiger partial charge on any atom is 0.243 e. The first kappa shape index (κ1) is 19.1. The topological polar surface area (TPSA) is 46.3 Å². The third-order valence-electron chi connectivity index (χ3n) is 5.69. The van der Waals surface area contributed by atoms with Gasteiger partial charge in [-0.2, -0.15) is 4.31 Å². The number of hydrogen-bond acceptors (Lipinski definition) is 2. The van der Waals surface area contributed by atoms with Gasteiger partial charge in [-0.1, -0.05) is 18.5 Å². The minimum Gasteiger partial charge on any atom is -0.335 e. The van der Waals surface area contributed by atoms with Gasteiger partial charge in [0.05, 0.1) is 56.8 Å². The van der Waals surface area contributed by atoms with Gasteiger partial charge in [0.25, 0.3) is 0 Å². The van der Waals surface area contributed by atoms with Crippen molar-refractivity contribution in [1.29, 1.82) is 0 Å². The molecule has 0 amide bonds. The second-order valence-electron chi connectivity index (χ2n) is 7.29. The van der Waals surface area contributed by atoms with Crippen molar-refractivity contribution < 1.29 is 18.2 Å². The van der Waals surface area contributed by atoms with Crippen molar-refractivity contribution in [3.63, 3.8) is 0 Å². The molecule has 7 heteroatoms. The Hall–Kier alpha value is -0.660. The van der Waals surface area contributed by atoms with Crippen LogP contribution in [0.25, 0.3) is 0 Å². The highest BCUT2D eigenvalue weighted by Crippen LogP contribution is 2.18. The van der Waals surface area contributed by atoms with Crippen molar-refractivity contribution in [2.75, 3.05) is 45.8 Å². The summed E-state index contributed by atoms with van der Waals surface area (Å²) in [5.74, 6) is 0. The highest BCUT2D eigenvalue weighted by atomic mass is 35.5. The van der Waals surface area contributed by atoms with E-state index >= 15 is 0 Å². The van der Waals surface area contributed by atoms with Gasteiger partial charge in [0.15, 0.2) is 0 Å². The third kappa shape index (κ3) is 4.55. The Labute approximate surface area is 156 Å². The number of halogens is 1. The van der Waals surface area contributed by atoms with Crippen molar-refractivity contribution in [2.45, 2.75) is 37.1 Å². The van der Waals surface area contributed by atoms with Crippen LogP contribution in [0, 0.1) is 0 Å². The SMILES string of the molecule is CCC[NH+]1CCC([NH+]2CCN(S(=O)(=O)c3ccc(Cl)cc3)CC2)CC1. The molecule has 5 nitrogen and oxygen atoms in total. The van der Waals surface area contributed by atoms with Crippen molar-refractivity contribution in [3.05, 3.63) is 29.3 Å². The van der Waals surface area contributed by atoms with E-state index in [2.05, 4.69) is 6.92 Å². The van der Waals surface area contributed by atoms with E-state index in [-0.39, 0.29) is 0 Å². The highest BCUT2D eigenvalue weighted by molar-refractivity contribution is 7.89. The van der Waals surface area contributed by atoms with E-state index in [4.69, 9.17) is 11.6 Å². The molecule has 2 heterocycles. The fourth-order valence-corrected chi connectivity index (χ4v) is 5.78. The molecule has 0 radical (unpaired) electrons. The number of nitrogens with zero attached hydrogens (tertiary/aromatic N) is 1. The Balaban J connectivity index is 1.54. The van der Waals surface area contributed by atoms with Crippen molar-refractivity contribution in [3.8, 4) is 0 Å². The first-order chi connectivity index (χ1) is 12.0. The highest BCUT2D eigenvalue weighted by Gasteiger charge is 2.35. The van der Waals surface area contributed by atoms with E-state index in [1.165, 1.54) is 38.9 Å². The summed E-state index contributed by atoms with van der Waals surface area (Å²) in [5.41, 5.74) is 0. The van der Waals surface area contributed by atoms with Gasteiger partial charge >= 0.3 is 0 Å². The van der Waals surface area contributed by atoms with Crippen LogP contribution in [0.4, 0.5) is 0 Å². The number of likely N-dealkylation sites (tertiary alicyclic amines) is 1. The molecule has 2 N–H and O–H groups in total. The molecule has 2 aliphatic heterocycles. The van der Waals surface area contributed by atoms with E-state index in [1.807, 2.05) is 0 Å². The molecule has 3 rings (SSSR count). The lowest BCUT2D eigenvalue weighted by Gasteiger charge is -2.38. The maximum atomic E-state index is 12.8. The first-order valence-corrected chi connectivity index (χ1v) is 11.3. The maximum absolute atomic E-state index is 12.8. The quantitative estimate of drug-likeness (QED) is 0.728. The van der Waals surface area contributed by atoms with Gasteiger partial charge in [0.2, 0.25) is 10.0 Å². The molecule has 0 atom stereocenters. The molecule has 0 spiro atoms. The van der Waals surface area contributed by atoms with Gasteiger partial charge in [-0.15, -0.1) is 0 Å². The Morgan fingerprint density at radius 1 is 1.08 bits per heavy atom. The average Bonchev–Trinajstić information content (AvgIpc) is 2.63. The zero-order valence-corrected chi connectivity index (χ0v) is 16.6. The molecule has 2 saturated heterocycles. The molecular formula is C18H30ClN3O2S+2. The minimum absolute atomic E-state index is 0.344. The third-order valence-corrected chi connectivity index (χ3v) is 7.85. The number of rotatable bonds is 5. The molecule has 1 aromatic rings. The molecule has 1 aromatic carbocycles. The molecule has 0 bridgehead atoms. The Kier molecular flexibility index (Phi) is 6.39. The van der Waals surface area contributed by atoms with Crippen molar-refractivity contribution in [1.82, 2.24) is 4.31 Å². The molecule has 0 unspecified atom stereocenters. The number of benzene rings is 1. The largest absolute Gasteiger partial charge is 0.335 e. The van der Waals surface area contributed by atoms with Crippen molar-refractivity contribution >= 4 is 21.6 Å². The number of piperazine rings is 1. The van der Waals surface area contributed by atoms with Crippen LogP contribution in [0.2, 0.25) is 5.02 Å². The zero-order valence-electron chi connectivity index (χ0n) is 15.0. The van der Waals surface area contributed by atoms with Gasteiger partial charge in [-0.05, 0) is 30.7 Å². The summed E-state index contributed by atoms with van der Waals surface area (Å²) in [6.45, 7) is 9.15. The summed E-state index contributed by atoms with van der Waals surface area (Å²) in [6.07, 6.45) is 3.80. The lowest BCUT2D eigenvalue weighted by molar-refractivity contribution is -0.959. The molecule has 0 aromatic heterocycles. The lowest BCUT2D eigenvalue weighted by atomic mass is 10.0. The smallest absolute Gasteiger partial charge is 0.243 e. The van der Waals surface area contributed by atoms with Gasteiger partial charge in [0.1, 0.15) is 0 Å². The van der Waals surface area contributed by atoms with Crippen LogP contribution in [0.15, 0.2) is 29.2 Å². The monoisotopic (exact) mass is 387 g/mol. The Bertz CT molecular complexity index is 649. The number of piperidine rings is 1. The number of hydrogen-bond donors (Lipinski definition) is 2. The van der Waals surface area contributed by atoms with E-state index in [0.29, 0.717) is 29.0 Å². The predicted molar refractivity (Wildman–Crippen MR) is 99.8 cm³/mol. The molecule has 140 valence electrons. The normalized spacial score (nSPS) is 26.6. The first-order valence-electron chi connectivity index (χ1n) is 9.44. The van der Waals surface area contributed by atoms with Gasteiger partial charge < -0.3 is 9.80 Å². The summed E-state index contributed by atoms with van der Waals surface area (Å²) in [5, 5.41) is 0.560. The van der Waals surface area contributed by atoms with E-state index < -0.39 is 10.0 Å². The fourth-order valence-electron chi connectivity index (χ4n) is 4.22. The zero-order chi connectivity index (χ0) is 17.9. The van der Waals surface area contributed by atoms with Gasteiger partial charge in [-0.3, -0.25) is 0 Å². The standard InChI is InChI=1S/C18H28ClN3O2S/c1-2-9-20-10-7-17(8-11-20)21-12-14-22(15-13-21)25(23,24)18-5-3-16(19)4-6-18/h3-6,17H,2,7-15H2,1H3/p+2. The average molecular weight is 388 g/mol. The Morgan fingerprint density at radius 2 is 1.68 bits per heavy atom. The van der Waals surface area contributed by atoms with E-state index in [1.54, 1.807) is 38.4 Å². The van der Waals surface area contributed by atoms with Crippen LogP contribution < -0.4 is 9.80 Å². The molecule has 0 aliphatic carbocycles. The van der Waals surface area contributed by atoms with Crippen LogP contribution in [0.3, 0.4) is 0 Å². The summed E-state index contributed by atoms with van der Waals surface area (Å²) in [4.78, 5) is 3.68. The molecule has 2 aliphatic rings. The fraction of sp³-hybridized carbons (Fsp3) is 0.667. The molecule has 2 fully saturated rings. The van der Waals surface area contributed by atoms with Crippen molar-refractivity contribution in [2.24, 2.45) is 0 Å². The van der Waals surface area contributed by atoms with Gasteiger partial charge in [-0.25, -0.2) is 8.42 Å². The van der Waals surface area contributed by atoms with Gasteiger partial charge in [0, 0.05) is 17.9 Å².